The number of hydrogen-bond acceptors (Lipinski definition) is 5. The number of rotatable bonds is 7. The van der Waals surface area contributed by atoms with Crippen molar-refractivity contribution in [1.82, 2.24) is 4.98 Å². The van der Waals surface area contributed by atoms with E-state index < -0.39 is 46.3 Å². The summed E-state index contributed by atoms with van der Waals surface area (Å²) < 4.78 is 93.1. The highest BCUT2D eigenvalue weighted by Gasteiger charge is 2.36. The molecule has 0 fully saturated rings. The Hall–Kier alpha value is -1.89. The highest BCUT2D eigenvalue weighted by Crippen LogP contribution is 2.39. The van der Waals surface area contributed by atoms with Crippen molar-refractivity contribution in [2.24, 2.45) is 5.14 Å². The summed E-state index contributed by atoms with van der Waals surface area (Å²) in [6.45, 7) is 3.19. The molecule has 2 rings (SSSR count). The zero-order valence-corrected chi connectivity index (χ0v) is 17.6. The molecule has 0 bridgehead atoms. The Morgan fingerprint density at radius 2 is 1.68 bits per heavy atom. The van der Waals surface area contributed by atoms with E-state index in [4.69, 9.17) is 16.7 Å². The molecule has 0 amide bonds. The minimum absolute atomic E-state index is 0.0956. The maximum atomic E-state index is 12.5. The Bertz CT molecular complexity index is 891. The number of alkyl halides is 6. The third-order valence-electron chi connectivity index (χ3n) is 4.17. The van der Waals surface area contributed by atoms with Crippen molar-refractivity contribution >= 4 is 23.0 Å². The van der Waals surface area contributed by atoms with E-state index in [-0.39, 0.29) is 17.1 Å². The van der Waals surface area contributed by atoms with Crippen molar-refractivity contribution in [3.8, 4) is 11.5 Å². The molecule has 0 radical (unpaired) electrons. The maximum Gasteiger partial charge on any atom is 0.573 e. The van der Waals surface area contributed by atoms with E-state index in [0.29, 0.717) is 5.56 Å². The van der Waals surface area contributed by atoms with Crippen LogP contribution in [0.25, 0.3) is 0 Å². The number of hydrogen-bond donors (Lipinski definition) is 1. The fraction of sp³-hybridized carbons (Fsp3) is 0.389. The lowest BCUT2D eigenvalue weighted by atomic mass is 9.87. The highest BCUT2D eigenvalue weighted by atomic mass is 35.5. The molecule has 0 saturated carbocycles. The first kappa shape index (κ1) is 25.4. The fourth-order valence-electron chi connectivity index (χ4n) is 2.70. The van der Waals surface area contributed by atoms with E-state index in [9.17, 15) is 30.9 Å². The minimum atomic E-state index is -4.95. The van der Waals surface area contributed by atoms with Gasteiger partial charge in [-0.15, -0.1) is 26.3 Å². The molecule has 0 saturated heterocycles. The molecule has 1 heterocycles. The number of halogens is 7. The Kier molecular flexibility index (Phi) is 7.62. The van der Waals surface area contributed by atoms with Crippen molar-refractivity contribution in [3.05, 3.63) is 52.8 Å². The number of nitrogens with two attached hydrogens (primary N) is 1. The van der Waals surface area contributed by atoms with Gasteiger partial charge < -0.3 is 14.0 Å². The lowest BCUT2D eigenvalue weighted by Gasteiger charge is -2.29. The third kappa shape index (κ3) is 7.63. The Morgan fingerprint density at radius 3 is 2.13 bits per heavy atom. The van der Waals surface area contributed by atoms with Crippen LogP contribution < -0.4 is 14.6 Å². The molecule has 2 N–H and O–H groups in total. The summed E-state index contributed by atoms with van der Waals surface area (Å²) >= 11 is 4.13. The summed E-state index contributed by atoms with van der Waals surface area (Å²) in [4.78, 5) is 3.98. The second-order valence-corrected chi connectivity index (χ2v) is 9.13. The molecule has 2 unspecified atom stereocenters. The summed E-state index contributed by atoms with van der Waals surface area (Å²) in [6.07, 6.45) is -8.90. The van der Waals surface area contributed by atoms with Crippen molar-refractivity contribution in [3.63, 3.8) is 0 Å². The Labute approximate surface area is 181 Å². The molecule has 0 aliphatic heterocycles. The van der Waals surface area contributed by atoms with Crippen LogP contribution in [0.4, 0.5) is 26.3 Å². The molecule has 0 spiro atoms. The van der Waals surface area contributed by atoms with Crippen LogP contribution in [-0.4, -0.2) is 27.0 Å². The lowest BCUT2D eigenvalue weighted by molar-refractivity contribution is -0.275. The third-order valence-corrected chi connectivity index (χ3v) is 5.73. The quantitative estimate of drug-likeness (QED) is 0.412. The predicted octanol–water partition coefficient (Wildman–Crippen LogP) is 5.46. The molecule has 0 aliphatic carbocycles. The SMILES string of the molecule is CC(C)(CC(c1ccc(OC(F)(F)F)c(Cl)c1)c1ccc(OC(F)(F)F)cn1)[S+](N)[O-]. The molecule has 31 heavy (non-hydrogen) atoms. The first-order chi connectivity index (χ1) is 14.1. The summed E-state index contributed by atoms with van der Waals surface area (Å²) in [7, 11) is 0. The largest absolute Gasteiger partial charge is 0.598 e. The minimum Gasteiger partial charge on any atom is -0.598 e. The van der Waals surface area contributed by atoms with E-state index in [1.807, 2.05) is 0 Å². The number of benzene rings is 1. The number of nitrogens with zero attached hydrogens (tertiary/aromatic N) is 1. The summed E-state index contributed by atoms with van der Waals surface area (Å²) in [6, 6.07) is 5.82. The van der Waals surface area contributed by atoms with Gasteiger partial charge in [-0.2, -0.15) is 5.14 Å². The van der Waals surface area contributed by atoms with Crippen molar-refractivity contribution in [2.75, 3.05) is 0 Å². The standard InChI is InChI=1S/C18H17ClF6N2O3S/c1-16(2,31(26)28)8-12(14-5-4-11(9-27-14)29-17(20,21)22)10-3-6-15(13(19)7-10)30-18(23,24)25/h3-7,9,12H,8,26H2,1-2H3. The van der Waals surface area contributed by atoms with Gasteiger partial charge in [-0.3, -0.25) is 4.98 Å². The number of ether oxygens (including phenoxy) is 2. The molecule has 2 aromatic rings. The molecule has 1 aromatic heterocycles. The fourth-order valence-corrected chi connectivity index (χ4v) is 3.26. The van der Waals surface area contributed by atoms with Crippen molar-refractivity contribution in [1.29, 1.82) is 0 Å². The maximum absolute atomic E-state index is 12.5. The first-order valence-electron chi connectivity index (χ1n) is 8.50. The van der Waals surface area contributed by atoms with Crippen molar-refractivity contribution in [2.45, 2.75) is 43.7 Å². The average Bonchev–Trinajstić information content (AvgIpc) is 2.60. The van der Waals surface area contributed by atoms with E-state index in [1.54, 1.807) is 13.8 Å². The van der Waals surface area contributed by atoms with Crippen LogP contribution in [0.2, 0.25) is 5.02 Å². The topological polar surface area (TPSA) is 80.4 Å². The van der Waals surface area contributed by atoms with Gasteiger partial charge in [0, 0.05) is 29.4 Å². The number of aromatic nitrogens is 1. The van der Waals surface area contributed by atoms with Gasteiger partial charge in [0.15, 0.2) is 0 Å². The van der Waals surface area contributed by atoms with Crippen LogP contribution in [0.5, 0.6) is 11.5 Å². The molecule has 5 nitrogen and oxygen atoms in total. The second-order valence-electron chi connectivity index (χ2n) is 7.02. The Morgan fingerprint density at radius 1 is 1.06 bits per heavy atom. The van der Waals surface area contributed by atoms with E-state index in [1.165, 1.54) is 18.2 Å². The molecule has 13 heteroatoms. The van der Waals surface area contributed by atoms with Gasteiger partial charge in [0.2, 0.25) is 0 Å². The molecular formula is C18H17ClF6N2O3S. The molecule has 1 aromatic carbocycles. The van der Waals surface area contributed by atoms with Crippen LogP contribution in [0.3, 0.4) is 0 Å². The molecular weight excluding hydrogens is 474 g/mol. The van der Waals surface area contributed by atoms with Gasteiger partial charge in [0.05, 0.1) is 11.2 Å². The van der Waals surface area contributed by atoms with Crippen LogP contribution in [0, 0.1) is 0 Å². The predicted molar refractivity (Wildman–Crippen MR) is 102 cm³/mol. The van der Waals surface area contributed by atoms with E-state index >= 15 is 0 Å². The first-order valence-corrected chi connectivity index (χ1v) is 10.1. The van der Waals surface area contributed by atoms with Gasteiger partial charge in [-0.1, -0.05) is 17.7 Å². The summed E-state index contributed by atoms with van der Waals surface area (Å²) in [5.41, 5.74) is 0.614. The van der Waals surface area contributed by atoms with Gasteiger partial charge in [0.25, 0.3) is 0 Å². The summed E-state index contributed by atoms with van der Waals surface area (Å²) in [5.74, 6) is -1.89. The molecule has 2 atom stereocenters. The van der Waals surface area contributed by atoms with Crippen LogP contribution >= 0.6 is 11.6 Å². The lowest BCUT2D eigenvalue weighted by Crippen LogP contribution is -2.39. The van der Waals surface area contributed by atoms with Crippen LogP contribution in [0.15, 0.2) is 36.5 Å². The monoisotopic (exact) mass is 490 g/mol. The van der Waals surface area contributed by atoms with E-state index in [0.717, 1.165) is 18.3 Å². The number of pyridine rings is 1. The van der Waals surface area contributed by atoms with Crippen LogP contribution in [0.1, 0.15) is 37.4 Å². The van der Waals surface area contributed by atoms with Gasteiger partial charge in [0.1, 0.15) is 16.2 Å². The highest BCUT2D eigenvalue weighted by molar-refractivity contribution is 7.90. The smallest absolute Gasteiger partial charge is 0.573 e. The van der Waals surface area contributed by atoms with Crippen LogP contribution in [-0.2, 0) is 11.4 Å². The zero-order valence-electron chi connectivity index (χ0n) is 16.1. The zero-order chi connectivity index (χ0) is 23.6. The van der Waals surface area contributed by atoms with Gasteiger partial charge in [-0.25, -0.2) is 0 Å². The van der Waals surface area contributed by atoms with Crippen molar-refractivity contribution < 1.29 is 40.4 Å². The van der Waals surface area contributed by atoms with Gasteiger partial charge >= 0.3 is 12.7 Å². The average molecular weight is 491 g/mol. The second kappa shape index (κ2) is 9.31. The van der Waals surface area contributed by atoms with E-state index in [2.05, 4.69) is 14.5 Å². The normalized spacial score (nSPS) is 14.8. The van der Waals surface area contributed by atoms with Gasteiger partial charge in [-0.05, 0) is 43.7 Å². The Balaban J connectivity index is 2.43. The summed E-state index contributed by atoms with van der Waals surface area (Å²) in [5, 5.41) is 5.18. The molecule has 0 aliphatic rings. The molecule has 172 valence electrons.